The van der Waals surface area contributed by atoms with Gasteiger partial charge in [-0.25, -0.2) is 9.98 Å². The van der Waals surface area contributed by atoms with E-state index in [2.05, 4.69) is 16.0 Å². The fourth-order valence-corrected chi connectivity index (χ4v) is 3.23. The molecule has 0 unspecified atom stereocenters. The highest BCUT2D eigenvalue weighted by Gasteiger charge is 2.09. The van der Waals surface area contributed by atoms with Crippen LogP contribution in [0.4, 0.5) is 5.69 Å². The third-order valence-electron chi connectivity index (χ3n) is 4.02. The van der Waals surface area contributed by atoms with Gasteiger partial charge < -0.3 is 0 Å². The summed E-state index contributed by atoms with van der Waals surface area (Å²) >= 11 is 12.4. The third-order valence-corrected chi connectivity index (χ3v) is 4.63. The number of nitrogens with zero attached hydrogens (tertiary/aromatic N) is 3. The van der Waals surface area contributed by atoms with Crippen molar-refractivity contribution < 1.29 is 0 Å². The first-order valence-corrected chi connectivity index (χ1v) is 8.53. The first-order valence-electron chi connectivity index (χ1n) is 7.77. The molecule has 0 aliphatic rings. The zero-order valence-electron chi connectivity index (χ0n) is 13.4. The Labute approximate surface area is 155 Å². The Morgan fingerprint density at radius 2 is 1.52 bits per heavy atom. The molecule has 0 saturated heterocycles. The van der Waals surface area contributed by atoms with Crippen molar-refractivity contribution in [2.75, 3.05) is 0 Å². The summed E-state index contributed by atoms with van der Waals surface area (Å²) in [6.45, 7) is 1.90. The van der Waals surface area contributed by atoms with E-state index in [9.17, 15) is 0 Å². The number of benzene rings is 2. The van der Waals surface area contributed by atoms with Gasteiger partial charge in [0.05, 0.1) is 32.5 Å². The highest BCUT2D eigenvalue weighted by Crippen LogP contribution is 2.33. The Hall–Kier alpha value is -2.49. The molecule has 4 rings (SSSR count). The van der Waals surface area contributed by atoms with Gasteiger partial charge in [0.25, 0.3) is 0 Å². The minimum absolute atomic E-state index is 0.514. The van der Waals surface area contributed by atoms with E-state index in [4.69, 9.17) is 28.2 Å². The molecule has 0 saturated carbocycles. The van der Waals surface area contributed by atoms with E-state index in [0.29, 0.717) is 15.7 Å². The lowest BCUT2D eigenvalue weighted by atomic mass is 10.1. The van der Waals surface area contributed by atoms with Crippen LogP contribution < -0.4 is 0 Å². The van der Waals surface area contributed by atoms with Gasteiger partial charge in [-0.15, -0.1) is 0 Å². The number of hydrogen-bond donors (Lipinski definition) is 0. The van der Waals surface area contributed by atoms with E-state index in [-0.39, 0.29) is 0 Å². The van der Waals surface area contributed by atoms with Crippen molar-refractivity contribution in [3.05, 3.63) is 76.5 Å². The quantitative estimate of drug-likeness (QED) is 0.312. The summed E-state index contributed by atoms with van der Waals surface area (Å²) in [5, 5.41) is 3.13. The van der Waals surface area contributed by atoms with Crippen molar-refractivity contribution in [3.63, 3.8) is 0 Å². The number of rotatable bonds is 2. The molecule has 4 aromatic rings. The van der Waals surface area contributed by atoms with E-state index >= 15 is 0 Å². The van der Waals surface area contributed by atoms with Crippen LogP contribution >= 0.6 is 23.2 Å². The van der Waals surface area contributed by atoms with Crippen molar-refractivity contribution >= 4 is 56.4 Å². The highest BCUT2D eigenvalue weighted by atomic mass is 35.5. The maximum atomic E-state index is 6.21. The average molecular weight is 366 g/mol. The van der Waals surface area contributed by atoms with Crippen molar-refractivity contribution in [3.8, 4) is 0 Å². The Balaban J connectivity index is 1.89. The average Bonchev–Trinajstić information content (AvgIpc) is 2.64. The summed E-state index contributed by atoms with van der Waals surface area (Å²) in [5.41, 5.74) is 3.80. The highest BCUT2D eigenvalue weighted by molar-refractivity contribution is 6.39. The smallest absolute Gasteiger partial charge is 0.101 e. The van der Waals surface area contributed by atoms with Gasteiger partial charge in [-0.3, -0.25) is 4.98 Å². The van der Waals surface area contributed by atoms with Crippen LogP contribution in [0.15, 0.2) is 65.8 Å². The zero-order valence-corrected chi connectivity index (χ0v) is 14.9. The maximum absolute atomic E-state index is 6.21. The van der Waals surface area contributed by atoms with Gasteiger partial charge in [0.15, 0.2) is 0 Å². The molecule has 2 aromatic carbocycles. The van der Waals surface area contributed by atoms with Gasteiger partial charge in [0.1, 0.15) is 5.69 Å². The molecule has 0 fully saturated rings. The fraction of sp³-hybridized carbons (Fsp3) is 0.0500. The predicted molar refractivity (Wildman–Crippen MR) is 105 cm³/mol. The molecule has 0 aliphatic carbocycles. The van der Waals surface area contributed by atoms with Gasteiger partial charge in [-0.05, 0) is 31.2 Å². The van der Waals surface area contributed by atoms with E-state index < -0.39 is 0 Å². The molecule has 0 N–H and O–H groups in total. The molecular formula is C20H13Cl2N3. The largest absolute Gasteiger partial charge is 0.254 e. The zero-order chi connectivity index (χ0) is 17.4. The summed E-state index contributed by atoms with van der Waals surface area (Å²) in [5.74, 6) is 0. The molecule has 122 valence electrons. The van der Waals surface area contributed by atoms with Crippen LogP contribution in [0.25, 0.3) is 21.8 Å². The van der Waals surface area contributed by atoms with Crippen LogP contribution in [0.1, 0.15) is 12.6 Å². The number of hydrogen-bond acceptors (Lipinski definition) is 3. The van der Waals surface area contributed by atoms with Crippen molar-refractivity contribution in [2.24, 2.45) is 4.99 Å². The third kappa shape index (κ3) is 2.97. The summed E-state index contributed by atoms with van der Waals surface area (Å²) in [4.78, 5) is 13.8. The van der Waals surface area contributed by atoms with E-state index in [1.165, 1.54) is 0 Å². The standard InChI is InChI=1S/C20H13Cl2N3/c1-12(24-20-15(21)5-2-6-16(20)22)17-10-9-14-8-7-13-4-3-11-23-18(13)19(14)25-17/h2-11H,1H3. The molecular weight excluding hydrogens is 353 g/mol. The molecule has 2 heterocycles. The van der Waals surface area contributed by atoms with Crippen LogP contribution in [-0.4, -0.2) is 15.7 Å². The number of para-hydroxylation sites is 1. The molecule has 0 amide bonds. The minimum atomic E-state index is 0.514. The number of aromatic nitrogens is 2. The van der Waals surface area contributed by atoms with Gasteiger partial charge in [0, 0.05) is 17.0 Å². The summed E-state index contributed by atoms with van der Waals surface area (Å²) < 4.78 is 0. The van der Waals surface area contributed by atoms with Crippen LogP contribution in [0.3, 0.4) is 0 Å². The first-order chi connectivity index (χ1) is 12.1. The van der Waals surface area contributed by atoms with Crippen molar-refractivity contribution in [1.82, 2.24) is 9.97 Å². The second kappa shape index (κ2) is 6.43. The monoisotopic (exact) mass is 365 g/mol. The Kier molecular flexibility index (Phi) is 4.12. The molecule has 0 spiro atoms. The number of pyridine rings is 2. The normalized spacial score (nSPS) is 12.0. The van der Waals surface area contributed by atoms with Crippen molar-refractivity contribution in [2.45, 2.75) is 6.92 Å². The first kappa shape index (κ1) is 16.0. The molecule has 2 aromatic heterocycles. The Morgan fingerprint density at radius 3 is 2.28 bits per heavy atom. The van der Waals surface area contributed by atoms with Crippen LogP contribution in [-0.2, 0) is 0 Å². The van der Waals surface area contributed by atoms with Crippen LogP contribution in [0, 0.1) is 0 Å². The Bertz CT molecular complexity index is 1120. The number of halogens is 2. The van der Waals surface area contributed by atoms with Gasteiger partial charge in [-0.2, -0.15) is 0 Å². The topological polar surface area (TPSA) is 38.1 Å². The van der Waals surface area contributed by atoms with Crippen LogP contribution in [0.5, 0.6) is 0 Å². The van der Waals surface area contributed by atoms with Gasteiger partial charge >= 0.3 is 0 Å². The lowest BCUT2D eigenvalue weighted by Gasteiger charge is -2.07. The van der Waals surface area contributed by atoms with Gasteiger partial charge in [0.2, 0.25) is 0 Å². The summed E-state index contributed by atoms with van der Waals surface area (Å²) in [6.07, 6.45) is 1.78. The second-order valence-electron chi connectivity index (χ2n) is 5.68. The van der Waals surface area contributed by atoms with E-state index in [1.54, 1.807) is 24.4 Å². The van der Waals surface area contributed by atoms with Crippen LogP contribution in [0.2, 0.25) is 10.0 Å². The lowest BCUT2D eigenvalue weighted by molar-refractivity contribution is 1.33. The molecule has 0 atom stereocenters. The number of fused-ring (bicyclic) bond motifs is 3. The number of aliphatic imine (C=N–C) groups is 1. The van der Waals surface area contributed by atoms with E-state index in [1.807, 2.05) is 37.3 Å². The fourth-order valence-electron chi connectivity index (χ4n) is 2.75. The molecule has 0 radical (unpaired) electrons. The van der Waals surface area contributed by atoms with Gasteiger partial charge in [-0.1, -0.05) is 53.5 Å². The van der Waals surface area contributed by atoms with E-state index in [0.717, 1.165) is 33.2 Å². The Morgan fingerprint density at radius 1 is 0.840 bits per heavy atom. The molecule has 0 bridgehead atoms. The molecule has 0 aliphatic heterocycles. The minimum Gasteiger partial charge on any atom is -0.254 e. The van der Waals surface area contributed by atoms with Crippen molar-refractivity contribution in [1.29, 1.82) is 0 Å². The summed E-state index contributed by atoms with van der Waals surface area (Å²) in [7, 11) is 0. The lowest BCUT2D eigenvalue weighted by Crippen LogP contribution is -1.99. The second-order valence-corrected chi connectivity index (χ2v) is 6.49. The predicted octanol–water partition coefficient (Wildman–Crippen LogP) is 6.23. The summed E-state index contributed by atoms with van der Waals surface area (Å²) in [6, 6.07) is 17.4. The maximum Gasteiger partial charge on any atom is 0.101 e. The molecule has 25 heavy (non-hydrogen) atoms. The SMILES string of the molecule is CC(=Nc1c(Cl)cccc1Cl)c1ccc2ccc3cccnc3c2n1. The molecule has 5 heteroatoms. The molecule has 3 nitrogen and oxygen atoms in total.